The zero-order valence-corrected chi connectivity index (χ0v) is 17.3. The maximum Gasteiger partial charge on any atom is 0.246 e. The molecule has 0 bridgehead atoms. The van der Waals surface area contributed by atoms with Crippen molar-refractivity contribution in [1.82, 2.24) is 10.6 Å². The van der Waals surface area contributed by atoms with Crippen LogP contribution in [0.4, 0.5) is 5.69 Å². The van der Waals surface area contributed by atoms with Crippen LogP contribution in [0.3, 0.4) is 0 Å². The van der Waals surface area contributed by atoms with E-state index in [0.29, 0.717) is 12.3 Å². The van der Waals surface area contributed by atoms with Crippen LogP contribution in [0.5, 0.6) is 0 Å². The zero-order chi connectivity index (χ0) is 18.5. The molecule has 1 aromatic rings. The molecule has 0 aliphatic rings. The Kier molecular flexibility index (Phi) is 12.5. The van der Waals surface area contributed by atoms with Crippen LogP contribution in [0.2, 0.25) is 0 Å². The van der Waals surface area contributed by atoms with Gasteiger partial charge in [0.15, 0.2) is 0 Å². The molecule has 7 nitrogen and oxygen atoms in total. The average Bonchev–Trinajstić information content (AvgIpc) is 2.59. The van der Waals surface area contributed by atoms with Gasteiger partial charge in [0, 0.05) is 12.7 Å². The van der Waals surface area contributed by atoms with E-state index in [4.69, 9.17) is 5.11 Å². The van der Waals surface area contributed by atoms with Gasteiger partial charge in [-0.05, 0) is 36.6 Å². The fourth-order valence-corrected chi connectivity index (χ4v) is 1.48. The van der Waals surface area contributed by atoms with Crippen LogP contribution in [0.25, 0.3) is 0 Å². The van der Waals surface area contributed by atoms with E-state index in [9.17, 15) is 14.4 Å². The average molecular weight is 593 g/mol. The van der Waals surface area contributed by atoms with Gasteiger partial charge in [-0.25, -0.2) is 0 Å². The molecule has 1 unspecified atom stereocenters. The van der Waals surface area contributed by atoms with Crippen molar-refractivity contribution in [3.63, 3.8) is 0 Å². The summed E-state index contributed by atoms with van der Waals surface area (Å²) in [5.74, 6) is 0.292. The third-order valence-corrected chi connectivity index (χ3v) is 3.50. The summed E-state index contributed by atoms with van der Waals surface area (Å²) in [4.78, 5) is 32.7. The smallest absolute Gasteiger partial charge is 0.246 e. The number of aliphatic hydroxyl groups excluding tert-OH is 1. The van der Waals surface area contributed by atoms with Crippen molar-refractivity contribution in [2.75, 3.05) is 18.5 Å². The molecule has 8 heteroatoms. The number of nitrogens with one attached hydrogen (secondary N) is 2. The Morgan fingerprint density at radius 1 is 1.28 bits per heavy atom. The van der Waals surface area contributed by atoms with Crippen molar-refractivity contribution in [2.24, 2.45) is 5.92 Å². The standard InChI is InChI=1S/C11H14N2O3.C6H12NO.Fm/c1-13(11(16)6-12-8-15)10-4-2-9(7-14)3-5-10;1-5(2)6(3)7-4-8;/h2-5,8,14H,6-7H2,1H3,(H,12,15);5-6H,1-3H3,(H,7,8);/q;-1;. The van der Waals surface area contributed by atoms with Gasteiger partial charge in [0.25, 0.3) is 0 Å². The third kappa shape index (κ3) is 9.35. The third-order valence-electron chi connectivity index (χ3n) is 3.50. The predicted octanol–water partition coefficient (Wildman–Crippen LogP) is 0.575. The maximum absolute atomic E-state index is 11.5. The van der Waals surface area contributed by atoms with E-state index in [1.807, 2.05) is 6.92 Å². The first kappa shape index (κ1) is 23.9. The first-order chi connectivity index (χ1) is 11.4. The van der Waals surface area contributed by atoms with Crippen molar-refractivity contribution in [3.8, 4) is 0 Å². The van der Waals surface area contributed by atoms with Crippen LogP contribution >= 0.6 is 0 Å². The summed E-state index contributed by atoms with van der Waals surface area (Å²) < 4.78 is 0. The molecule has 0 heterocycles. The van der Waals surface area contributed by atoms with Gasteiger partial charge in [0.2, 0.25) is 12.3 Å². The van der Waals surface area contributed by atoms with Gasteiger partial charge in [-0.1, -0.05) is 26.0 Å². The van der Waals surface area contributed by atoms with Gasteiger partial charge in [-0.2, -0.15) is 6.41 Å². The summed E-state index contributed by atoms with van der Waals surface area (Å²) >= 11 is 0. The van der Waals surface area contributed by atoms with Gasteiger partial charge in [0.1, 0.15) is 0 Å². The molecule has 1 atom stereocenters. The van der Waals surface area contributed by atoms with Crippen LogP contribution in [-0.4, -0.2) is 43.5 Å². The number of carbonyl (C=O) groups excluding carboxylic acids is 3. The summed E-state index contributed by atoms with van der Waals surface area (Å²) in [6, 6.07) is 7.21. The molecule has 0 spiro atoms. The fourth-order valence-electron chi connectivity index (χ4n) is 1.48. The predicted molar refractivity (Wildman–Crippen MR) is 93.0 cm³/mol. The van der Waals surface area contributed by atoms with E-state index >= 15 is 0 Å². The fraction of sp³-hybridized carbons (Fsp3) is 0.471. The molecular weight excluding hydrogens is 567 g/mol. The molecule has 25 heavy (non-hydrogen) atoms. The normalized spacial score (nSPS) is 10.5. The van der Waals surface area contributed by atoms with Crippen LogP contribution in [0.15, 0.2) is 24.3 Å². The number of likely N-dealkylation sites (N-methyl/N-ethyl adjacent to an activating group) is 1. The SMILES string of the molecule is CC(C)C(C)N[C-]=O.CN(C(=O)CNC=O)c1ccc(CO)cc1.[Fm]. The van der Waals surface area contributed by atoms with E-state index in [1.165, 1.54) is 4.90 Å². The molecule has 0 saturated heterocycles. The molecule has 1 aromatic carbocycles. The number of amides is 3. The molecule has 0 fully saturated rings. The molecule has 3 amide bonds. The second kappa shape index (κ2) is 13.1. The maximum atomic E-state index is 11.5. The minimum Gasteiger partial charge on any atom is -0.527 e. The van der Waals surface area contributed by atoms with Crippen LogP contribution in [0, 0.1) is 5.92 Å². The van der Waals surface area contributed by atoms with Crippen molar-refractivity contribution in [3.05, 3.63) is 29.8 Å². The van der Waals surface area contributed by atoms with Crippen molar-refractivity contribution in [1.29, 1.82) is 0 Å². The largest absolute Gasteiger partial charge is 0.527 e. The van der Waals surface area contributed by atoms with Gasteiger partial charge >= 0.3 is 0 Å². The number of carbonyl (C=O) groups is 2. The minimum absolute atomic E-state index is 0. The first-order valence-corrected chi connectivity index (χ1v) is 7.63. The second-order valence-electron chi connectivity index (χ2n) is 5.56. The molecule has 0 saturated carbocycles. The number of anilines is 1. The molecule has 0 radical (unpaired) electrons. The Hall–Kier alpha value is -3.41. The molecular formula is C17H26FmN3O4-. The summed E-state index contributed by atoms with van der Waals surface area (Å²) in [7, 11) is 1.63. The summed E-state index contributed by atoms with van der Waals surface area (Å²) in [5, 5.41) is 13.7. The number of aliphatic hydroxyl groups is 1. The topological polar surface area (TPSA) is 98.7 Å². The van der Waals surface area contributed by atoms with E-state index in [1.54, 1.807) is 37.7 Å². The number of hydrogen-bond donors (Lipinski definition) is 3. The molecule has 0 aliphatic carbocycles. The Morgan fingerprint density at radius 2 is 1.84 bits per heavy atom. The quantitative estimate of drug-likeness (QED) is 0.234. The van der Waals surface area contributed by atoms with Gasteiger partial charge < -0.3 is 25.4 Å². The molecule has 146 valence electrons. The number of rotatable bonds is 8. The summed E-state index contributed by atoms with van der Waals surface area (Å²) in [6.07, 6.45) is 2.14. The van der Waals surface area contributed by atoms with E-state index in [0.717, 1.165) is 11.3 Å². The Bertz CT molecular complexity index is 509. The Balaban J connectivity index is 0. The number of nitrogens with zero attached hydrogens (tertiary/aromatic N) is 1. The van der Waals surface area contributed by atoms with Crippen molar-refractivity contribution < 1.29 is 19.5 Å². The van der Waals surface area contributed by atoms with E-state index < -0.39 is 0 Å². The zero-order valence-electron chi connectivity index (χ0n) is 14.9. The Morgan fingerprint density at radius 3 is 2.20 bits per heavy atom. The van der Waals surface area contributed by atoms with Crippen molar-refractivity contribution >= 4 is 24.4 Å². The minimum atomic E-state index is -0.205. The van der Waals surface area contributed by atoms with Crippen LogP contribution in [0.1, 0.15) is 26.3 Å². The van der Waals surface area contributed by atoms with Gasteiger partial charge in [0.05, 0.1) is 13.2 Å². The number of benzene rings is 1. The van der Waals surface area contributed by atoms with E-state index in [2.05, 4.69) is 24.5 Å². The monoisotopic (exact) mass is 593 g/mol. The first-order valence-electron chi connectivity index (χ1n) is 7.63. The molecule has 1 rings (SSSR count). The molecule has 0 aliphatic heterocycles. The Labute approximate surface area is 143 Å². The summed E-state index contributed by atoms with van der Waals surface area (Å²) in [5.41, 5.74) is 1.51. The van der Waals surface area contributed by atoms with Crippen LogP contribution < -0.4 is 15.5 Å². The van der Waals surface area contributed by atoms with E-state index in [-0.39, 0.29) is 25.1 Å². The van der Waals surface area contributed by atoms with Crippen molar-refractivity contribution in [2.45, 2.75) is 33.4 Å². The van der Waals surface area contributed by atoms with Crippen LogP contribution in [-0.2, 0) is 21.0 Å². The van der Waals surface area contributed by atoms with Gasteiger partial charge in [-0.3, -0.25) is 9.59 Å². The molecule has 0 aromatic heterocycles. The number of hydrogen-bond acceptors (Lipinski definition) is 4. The summed E-state index contributed by atoms with van der Waals surface area (Å²) in [6.45, 7) is 6.01. The second-order valence-corrected chi connectivity index (χ2v) is 5.56. The van der Waals surface area contributed by atoms with Gasteiger partial charge in [-0.15, -0.1) is 0 Å². The molecule has 3 N–H and O–H groups in total.